The van der Waals surface area contributed by atoms with Gasteiger partial charge < -0.3 is 10.6 Å². The minimum absolute atomic E-state index is 0.0747. The maximum atomic E-state index is 12.0. The fourth-order valence-electron chi connectivity index (χ4n) is 1.74. The predicted molar refractivity (Wildman–Crippen MR) is 76.4 cm³/mol. The van der Waals surface area contributed by atoms with E-state index in [1.807, 2.05) is 0 Å². The first kappa shape index (κ1) is 12.9. The van der Waals surface area contributed by atoms with E-state index in [1.54, 1.807) is 23.5 Å². The lowest BCUT2D eigenvalue weighted by atomic mass is 10.3. The van der Waals surface area contributed by atoms with Gasteiger partial charge in [-0.25, -0.2) is 0 Å². The number of nitrogens with zero attached hydrogens (tertiary/aromatic N) is 1. The molecule has 0 bridgehead atoms. The van der Waals surface area contributed by atoms with E-state index in [0.717, 1.165) is 24.3 Å². The number of anilines is 1. The van der Waals surface area contributed by atoms with Crippen LogP contribution in [0.4, 0.5) is 5.69 Å². The van der Waals surface area contributed by atoms with Crippen molar-refractivity contribution in [3.05, 3.63) is 11.9 Å². The van der Waals surface area contributed by atoms with Crippen LogP contribution < -0.4 is 10.6 Å². The van der Waals surface area contributed by atoms with Gasteiger partial charge >= 0.3 is 0 Å². The summed E-state index contributed by atoms with van der Waals surface area (Å²) in [4.78, 5) is 23.9. The third kappa shape index (κ3) is 3.06. The molecule has 0 spiro atoms. The SMILES string of the molecule is O=C(NC1CC1)c1[nH]ncc1NC(=O)C1SCCS1. The van der Waals surface area contributed by atoms with Gasteiger partial charge in [-0.2, -0.15) is 5.10 Å². The molecular weight excluding hydrogens is 284 g/mol. The Kier molecular flexibility index (Phi) is 3.69. The summed E-state index contributed by atoms with van der Waals surface area (Å²) in [5.41, 5.74) is 0.782. The van der Waals surface area contributed by atoms with E-state index in [9.17, 15) is 9.59 Å². The zero-order valence-corrected chi connectivity index (χ0v) is 11.8. The molecule has 102 valence electrons. The summed E-state index contributed by atoms with van der Waals surface area (Å²) in [6.45, 7) is 0. The van der Waals surface area contributed by atoms with Crippen molar-refractivity contribution in [2.24, 2.45) is 0 Å². The number of hydrogen-bond donors (Lipinski definition) is 3. The van der Waals surface area contributed by atoms with Crippen molar-refractivity contribution in [2.75, 3.05) is 16.8 Å². The molecule has 0 aromatic carbocycles. The van der Waals surface area contributed by atoms with E-state index in [4.69, 9.17) is 0 Å². The van der Waals surface area contributed by atoms with Gasteiger partial charge in [-0.3, -0.25) is 14.7 Å². The van der Waals surface area contributed by atoms with Crippen molar-refractivity contribution in [2.45, 2.75) is 23.5 Å². The molecule has 1 aromatic heterocycles. The summed E-state index contributed by atoms with van der Waals surface area (Å²) in [5, 5.41) is 12.1. The molecule has 2 amide bonds. The minimum Gasteiger partial charge on any atom is -0.348 e. The van der Waals surface area contributed by atoms with Gasteiger partial charge in [0.2, 0.25) is 5.91 Å². The monoisotopic (exact) mass is 298 g/mol. The number of aromatic nitrogens is 2. The number of carbonyl (C=O) groups excluding carboxylic acids is 2. The lowest BCUT2D eigenvalue weighted by molar-refractivity contribution is -0.114. The summed E-state index contributed by atoms with van der Waals surface area (Å²) >= 11 is 3.25. The number of rotatable bonds is 4. The fraction of sp³-hybridized carbons (Fsp3) is 0.545. The van der Waals surface area contributed by atoms with Gasteiger partial charge in [0.05, 0.1) is 11.9 Å². The average Bonchev–Trinajstić information content (AvgIpc) is 2.91. The second kappa shape index (κ2) is 5.46. The Hall–Kier alpha value is -1.15. The molecule has 0 atom stereocenters. The molecule has 0 unspecified atom stereocenters. The largest absolute Gasteiger partial charge is 0.348 e. The normalized spacial score (nSPS) is 19.4. The minimum atomic E-state index is -0.206. The van der Waals surface area contributed by atoms with Gasteiger partial charge in [-0.15, -0.1) is 23.5 Å². The number of H-pyrrole nitrogens is 1. The van der Waals surface area contributed by atoms with Crippen LogP contribution in [0.15, 0.2) is 6.20 Å². The molecule has 1 aliphatic carbocycles. The first-order valence-electron chi connectivity index (χ1n) is 6.12. The van der Waals surface area contributed by atoms with Crippen molar-refractivity contribution in [1.82, 2.24) is 15.5 Å². The smallest absolute Gasteiger partial charge is 0.271 e. The van der Waals surface area contributed by atoms with Crippen LogP contribution >= 0.6 is 23.5 Å². The van der Waals surface area contributed by atoms with Gasteiger partial charge in [-0.05, 0) is 12.8 Å². The summed E-state index contributed by atoms with van der Waals surface area (Å²) in [5.74, 6) is 1.70. The molecule has 2 fully saturated rings. The Morgan fingerprint density at radius 2 is 2.05 bits per heavy atom. The maximum absolute atomic E-state index is 12.0. The summed E-state index contributed by atoms with van der Waals surface area (Å²) < 4.78 is -0.0887. The Bertz CT molecular complexity index is 495. The van der Waals surface area contributed by atoms with Gasteiger partial charge in [0, 0.05) is 17.5 Å². The van der Waals surface area contributed by atoms with Crippen molar-refractivity contribution in [3.63, 3.8) is 0 Å². The molecule has 1 aromatic rings. The molecule has 1 aliphatic heterocycles. The molecule has 1 saturated carbocycles. The van der Waals surface area contributed by atoms with Crippen LogP contribution in [0.5, 0.6) is 0 Å². The van der Waals surface area contributed by atoms with E-state index in [0.29, 0.717) is 11.4 Å². The number of amides is 2. The van der Waals surface area contributed by atoms with Gasteiger partial charge in [0.15, 0.2) is 0 Å². The Balaban J connectivity index is 1.65. The Morgan fingerprint density at radius 3 is 2.74 bits per heavy atom. The molecule has 3 N–H and O–H groups in total. The molecule has 3 rings (SSSR count). The highest BCUT2D eigenvalue weighted by Gasteiger charge is 2.28. The van der Waals surface area contributed by atoms with Gasteiger partial charge in [0.25, 0.3) is 5.91 Å². The number of aromatic amines is 1. The first-order valence-corrected chi connectivity index (χ1v) is 8.22. The van der Waals surface area contributed by atoms with Crippen molar-refractivity contribution in [1.29, 1.82) is 0 Å². The van der Waals surface area contributed by atoms with E-state index in [-0.39, 0.29) is 22.4 Å². The molecule has 2 heterocycles. The van der Waals surface area contributed by atoms with Crippen LogP contribution in [0.2, 0.25) is 0 Å². The second-order valence-electron chi connectivity index (χ2n) is 4.47. The quantitative estimate of drug-likeness (QED) is 0.773. The summed E-state index contributed by atoms with van der Waals surface area (Å²) in [7, 11) is 0. The third-order valence-corrected chi connectivity index (χ3v) is 5.86. The van der Waals surface area contributed by atoms with Crippen LogP contribution in [-0.4, -0.2) is 44.1 Å². The number of carbonyl (C=O) groups is 2. The number of thioether (sulfide) groups is 2. The summed E-state index contributed by atoms with van der Waals surface area (Å²) in [6.07, 6.45) is 3.53. The predicted octanol–water partition coefficient (Wildman–Crippen LogP) is 1.05. The molecule has 6 nitrogen and oxygen atoms in total. The molecule has 8 heteroatoms. The van der Waals surface area contributed by atoms with Crippen molar-refractivity contribution < 1.29 is 9.59 Å². The molecule has 19 heavy (non-hydrogen) atoms. The second-order valence-corrected chi connectivity index (χ2v) is 7.19. The highest BCUT2D eigenvalue weighted by molar-refractivity contribution is 8.21. The topological polar surface area (TPSA) is 86.9 Å². The zero-order chi connectivity index (χ0) is 13.2. The Labute approximate surface area is 118 Å². The van der Waals surface area contributed by atoms with E-state index in [1.165, 1.54) is 6.20 Å². The van der Waals surface area contributed by atoms with Crippen LogP contribution in [0.25, 0.3) is 0 Å². The van der Waals surface area contributed by atoms with Gasteiger partial charge in [0.1, 0.15) is 10.3 Å². The van der Waals surface area contributed by atoms with E-state index >= 15 is 0 Å². The van der Waals surface area contributed by atoms with Crippen LogP contribution in [0.3, 0.4) is 0 Å². The highest BCUT2D eigenvalue weighted by Crippen LogP contribution is 2.32. The zero-order valence-electron chi connectivity index (χ0n) is 10.1. The summed E-state index contributed by atoms with van der Waals surface area (Å²) in [6, 6.07) is 0.278. The number of nitrogens with one attached hydrogen (secondary N) is 3. The lowest BCUT2D eigenvalue weighted by Gasteiger charge is -2.09. The third-order valence-electron chi connectivity index (χ3n) is 2.87. The van der Waals surface area contributed by atoms with E-state index in [2.05, 4.69) is 20.8 Å². The molecular formula is C11H14N4O2S2. The first-order chi connectivity index (χ1) is 9.24. The van der Waals surface area contributed by atoms with E-state index < -0.39 is 0 Å². The molecule has 2 aliphatic rings. The molecule has 1 saturated heterocycles. The maximum Gasteiger partial charge on any atom is 0.271 e. The van der Waals surface area contributed by atoms with Crippen LogP contribution in [0, 0.1) is 0 Å². The fourth-order valence-corrected chi connectivity index (χ4v) is 4.32. The number of hydrogen-bond acceptors (Lipinski definition) is 5. The van der Waals surface area contributed by atoms with Crippen LogP contribution in [0.1, 0.15) is 23.3 Å². The molecule has 0 radical (unpaired) electrons. The lowest BCUT2D eigenvalue weighted by Crippen LogP contribution is -2.28. The van der Waals surface area contributed by atoms with Crippen LogP contribution in [-0.2, 0) is 4.79 Å². The van der Waals surface area contributed by atoms with Gasteiger partial charge in [-0.1, -0.05) is 0 Å². The Morgan fingerprint density at radius 1 is 1.32 bits per heavy atom. The van der Waals surface area contributed by atoms with Crippen molar-refractivity contribution >= 4 is 41.0 Å². The van der Waals surface area contributed by atoms with Crippen molar-refractivity contribution in [3.8, 4) is 0 Å². The standard InChI is InChI=1S/C11H14N4O2S2/c16-9(13-6-1-2-6)8-7(5-12-15-8)14-10(17)11-18-3-4-19-11/h5-6,11H,1-4H2,(H,12,15)(H,13,16)(H,14,17). The highest BCUT2D eigenvalue weighted by atomic mass is 32.2. The average molecular weight is 298 g/mol.